The van der Waals surface area contributed by atoms with Crippen LogP contribution in [0.3, 0.4) is 0 Å². The summed E-state index contributed by atoms with van der Waals surface area (Å²) in [5, 5.41) is 11.5. The number of nitriles is 1. The van der Waals surface area contributed by atoms with Crippen LogP contribution < -0.4 is 20.5 Å². The minimum absolute atomic E-state index is 0.0363. The molecule has 9 nitrogen and oxygen atoms in total. The van der Waals surface area contributed by atoms with Gasteiger partial charge in [0.05, 0.1) is 14.2 Å². The first-order chi connectivity index (χ1) is 13.6. The number of rotatable bonds is 9. The first-order valence-electron chi connectivity index (χ1n) is 8.74. The molecular formula is C20H25N3O6. The number of nitrogens with zero attached hydrogens (tertiary/aromatic N) is 1. The maximum Gasteiger partial charge on any atom is 0.329 e. The van der Waals surface area contributed by atoms with E-state index in [9.17, 15) is 14.4 Å². The van der Waals surface area contributed by atoms with Crippen LogP contribution >= 0.6 is 0 Å². The topological polar surface area (TPSA) is 141 Å². The van der Waals surface area contributed by atoms with Gasteiger partial charge in [0, 0.05) is 17.3 Å². The fourth-order valence-corrected chi connectivity index (χ4v) is 2.33. The first kappa shape index (κ1) is 23.5. The summed E-state index contributed by atoms with van der Waals surface area (Å²) in [5.41, 5.74) is 5.45. The predicted molar refractivity (Wildman–Crippen MR) is 104 cm³/mol. The number of nitrogens with two attached hydrogens (primary N) is 1. The van der Waals surface area contributed by atoms with Crippen molar-refractivity contribution in [3.63, 3.8) is 0 Å². The number of carbonyl (C=O) groups is 3. The Bertz CT molecular complexity index is 828. The van der Waals surface area contributed by atoms with E-state index in [0.29, 0.717) is 11.5 Å². The number of carbonyl (C=O) groups excluding carboxylic acids is 3. The lowest BCUT2D eigenvalue weighted by Crippen LogP contribution is -2.45. The van der Waals surface area contributed by atoms with E-state index in [1.54, 1.807) is 26.0 Å². The number of amides is 1. The highest BCUT2D eigenvalue weighted by atomic mass is 16.5. The molecule has 0 aliphatic heterocycles. The van der Waals surface area contributed by atoms with Gasteiger partial charge in [-0.2, -0.15) is 5.26 Å². The Hall–Kier alpha value is -3.54. The molecule has 0 fully saturated rings. The highest BCUT2D eigenvalue weighted by molar-refractivity contribution is 6.02. The Balaban J connectivity index is 2.92. The number of nitrogens with one attached hydrogen (secondary N) is 1. The van der Waals surface area contributed by atoms with Gasteiger partial charge in [-0.15, -0.1) is 0 Å². The van der Waals surface area contributed by atoms with Gasteiger partial charge in [-0.05, 0) is 25.0 Å². The summed E-state index contributed by atoms with van der Waals surface area (Å²) >= 11 is 0. The summed E-state index contributed by atoms with van der Waals surface area (Å²) in [4.78, 5) is 37.0. The third-order valence-corrected chi connectivity index (χ3v) is 3.95. The SMILES string of the molecule is COc1cc(OC)cc(C(=O)N[C@@H](C(=O)OCC(=O)/C(C#N)=C(/C)N)C(C)C)c1. The van der Waals surface area contributed by atoms with Crippen LogP contribution in [0.4, 0.5) is 0 Å². The molecule has 9 heteroatoms. The molecular weight excluding hydrogens is 378 g/mol. The molecule has 0 spiro atoms. The highest BCUT2D eigenvalue weighted by Crippen LogP contribution is 2.22. The Kier molecular flexibility index (Phi) is 8.68. The van der Waals surface area contributed by atoms with Crippen molar-refractivity contribution in [1.29, 1.82) is 5.26 Å². The summed E-state index contributed by atoms with van der Waals surface area (Å²) in [6.07, 6.45) is 0. The van der Waals surface area contributed by atoms with Crippen LogP contribution in [0.5, 0.6) is 11.5 Å². The van der Waals surface area contributed by atoms with Crippen LogP contribution in [0.15, 0.2) is 29.5 Å². The zero-order chi connectivity index (χ0) is 22.1. The monoisotopic (exact) mass is 403 g/mol. The fourth-order valence-electron chi connectivity index (χ4n) is 2.33. The van der Waals surface area contributed by atoms with E-state index in [0.717, 1.165) is 0 Å². The third-order valence-electron chi connectivity index (χ3n) is 3.95. The number of methoxy groups -OCH3 is 2. The van der Waals surface area contributed by atoms with Crippen LogP contribution in [-0.2, 0) is 14.3 Å². The molecule has 0 aliphatic rings. The van der Waals surface area contributed by atoms with Crippen molar-refractivity contribution in [2.24, 2.45) is 11.7 Å². The average molecular weight is 403 g/mol. The zero-order valence-electron chi connectivity index (χ0n) is 17.1. The van der Waals surface area contributed by atoms with Gasteiger partial charge in [-0.1, -0.05) is 13.8 Å². The molecule has 0 unspecified atom stereocenters. The lowest BCUT2D eigenvalue weighted by molar-refractivity contribution is -0.150. The minimum atomic E-state index is -1.01. The average Bonchev–Trinajstić information content (AvgIpc) is 2.69. The molecule has 29 heavy (non-hydrogen) atoms. The maximum absolute atomic E-state index is 12.6. The van der Waals surface area contributed by atoms with Crippen molar-refractivity contribution >= 4 is 17.7 Å². The molecule has 0 aliphatic carbocycles. The van der Waals surface area contributed by atoms with Crippen molar-refractivity contribution in [1.82, 2.24) is 5.32 Å². The smallest absolute Gasteiger partial charge is 0.329 e. The molecule has 0 saturated carbocycles. The van der Waals surface area contributed by atoms with E-state index in [-0.39, 0.29) is 22.8 Å². The summed E-state index contributed by atoms with van der Waals surface area (Å²) in [5.74, 6) is -1.56. The molecule has 3 N–H and O–H groups in total. The molecule has 1 aromatic carbocycles. The number of allylic oxidation sites excluding steroid dienone is 1. The van der Waals surface area contributed by atoms with E-state index in [2.05, 4.69) is 5.32 Å². The number of Topliss-reactive ketones (excluding diaryl/α,β-unsaturated/α-hetero) is 1. The molecule has 1 atom stereocenters. The fraction of sp³-hybridized carbons (Fsp3) is 0.400. The van der Waals surface area contributed by atoms with E-state index in [1.165, 1.54) is 33.3 Å². The number of hydrogen-bond donors (Lipinski definition) is 2. The molecule has 156 valence electrons. The highest BCUT2D eigenvalue weighted by Gasteiger charge is 2.27. The van der Waals surface area contributed by atoms with Gasteiger partial charge in [0.25, 0.3) is 5.91 Å². The van der Waals surface area contributed by atoms with Gasteiger partial charge >= 0.3 is 5.97 Å². The van der Waals surface area contributed by atoms with Gasteiger partial charge in [0.2, 0.25) is 5.78 Å². The molecule has 0 bridgehead atoms. The zero-order valence-corrected chi connectivity index (χ0v) is 17.1. The Morgan fingerprint density at radius 1 is 1.14 bits per heavy atom. The molecule has 0 radical (unpaired) electrons. The summed E-state index contributed by atoms with van der Waals surface area (Å²) in [7, 11) is 2.91. The molecule has 0 aromatic heterocycles. The van der Waals surface area contributed by atoms with Crippen LogP contribution in [0.25, 0.3) is 0 Å². The molecule has 0 saturated heterocycles. The molecule has 0 heterocycles. The number of hydrogen-bond acceptors (Lipinski definition) is 8. The second-order valence-electron chi connectivity index (χ2n) is 6.50. The number of esters is 1. The normalized spacial score (nSPS) is 12.3. The van der Waals surface area contributed by atoms with Gasteiger partial charge in [-0.25, -0.2) is 4.79 Å². The second-order valence-corrected chi connectivity index (χ2v) is 6.50. The van der Waals surface area contributed by atoms with E-state index in [4.69, 9.17) is 25.2 Å². The van der Waals surface area contributed by atoms with Gasteiger partial charge in [0.15, 0.2) is 6.61 Å². The largest absolute Gasteiger partial charge is 0.497 e. The van der Waals surface area contributed by atoms with E-state index < -0.39 is 30.3 Å². The number of ketones is 1. The van der Waals surface area contributed by atoms with Crippen molar-refractivity contribution < 1.29 is 28.6 Å². The van der Waals surface area contributed by atoms with Gasteiger partial charge < -0.3 is 25.3 Å². The Morgan fingerprint density at radius 2 is 1.69 bits per heavy atom. The molecule has 1 rings (SSSR count). The lowest BCUT2D eigenvalue weighted by atomic mass is 10.0. The van der Waals surface area contributed by atoms with Crippen LogP contribution in [-0.4, -0.2) is 44.5 Å². The van der Waals surface area contributed by atoms with E-state index in [1.807, 2.05) is 0 Å². The van der Waals surface area contributed by atoms with Gasteiger partial charge in [0.1, 0.15) is 29.2 Å². The second kappa shape index (κ2) is 10.7. The quantitative estimate of drug-likeness (QED) is 0.357. The number of benzene rings is 1. The summed E-state index contributed by atoms with van der Waals surface area (Å²) < 4.78 is 15.3. The molecule has 1 aromatic rings. The van der Waals surface area contributed by atoms with Crippen LogP contribution in [0.2, 0.25) is 0 Å². The van der Waals surface area contributed by atoms with E-state index >= 15 is 0 Å². The first-order valence-corrected chi connectivity index (χ1v) is 8.74. The summed E-state index contributed by atoms with van der Waals surface area (Å²) in [6, 6.07) is 5.26. The third kappa shape index (κ3) is 6.53. The standard InChI is InChI=1S/C20H25N3O6/c1-11(2)18(20(26)29-10-17(24)16(9-21)12(3)22)23-19(25)13-6-14(27-4)8-15(7-13)28-5/h6-8,11,18H,10,22H2,1-5H3,(H,23,25)/b16-12-/t18-/m1/s1. The van der Waals surface area contributed by atoms with Gasteiger partial charge in [-0.3, -0.25) is 9.59 Å². The number of ether oxygens (including phenoxy) is 3. The van der Waals surface area contributed by atoms with Crippen molar-refractivity contribution in [3.8, 4) is 17.6 Å². The van der Waals surface area contributed by atoms with Crippen LogP contribution in [0.1, 0.15) is 31.1 Å². The van der Waals surface area contributed by atoms with Crippen molar-refractivity contribution in [2.75, 3.05) is 20.8 Å². The molecule has 1 amide bonds. The maximum atomic E-state index is 12.6. The minimum Gasteiger partial charge on any atom is -0.497 e. The predicted octanol–water partition coefficient (Wildman–Crippen LogP) is 1.33. The van der Waals surface area contributed by atoms with Crippen LogP contribution in [0, 0.1) is 17.2 Å². The Labute approximate surface area is 169 Å². The van der Waals surface area contributed by atoms with Crippen molar-refractivity contribution in [2.45, 2.75) is 26.8 Å². The van der Waals surface area contributed by atoms with Crippen molar-refractivity contribution in [3.05, 3.63) is 35.0 Å². The Morgan fingerprint density at radius 3 is 2.10 bits per heavy atom. The lowest BCUT2D eigenvalue weighted by Gasteiger charge is -2.21. The summed E-state index contributed by atoms with van der Waals surface area (Å²) in [6.45, 7) is 4.18.